The van der Waals surface area contributed by atoms with Crippen LogP contribution >= 0.6 is 0 Å². The van der Waals surface area contributed by atoms with Gasteiger partial charge in [0, 0.05) is 44.0 Å². The number of hydrogen-bond donors (Lipinski definition) is 1. The van der Waals surface area contributed by atoms with Gasteiger partial charge in [0.15, 0.2) is 0 Å². The van der Waals surface area contributed by atoms with Crippen molar-refractivity contribution < 1.29 is 9.13 Å². The zero-order chi connectivity index (χ0) is 18.5. The minimum atomic E-state index is -0.341. The third-order valence-electron chi connectivity index (χ3n) is 4.37. The van der Waals surface area contributed by atoms with Crippen LogP contribution in [0.5, 0.6) is 11.6 Å². The van der Waals surface area contributed by atoms with Crippen molar-refractivity contribution in [2.45, 2.75) is 19.4 Å². The Labute approximate surface area is 157 Å². The fraction of sp³-hybridized carbons (Fsp3) is 0.250. The monoisotopic (exact) mass is 365 g/mol. The fourth-order valence-corrected chi connectivity index (χ4v) is 2.98. The van der Waals surface area contributed by atoms with E-state index in [1.165, 1.54) is 25.0 Å². The van der Waals surface area contributed by atoms with E-state index >= 15 is 0 Å². The van der Waals surface area contributed by atoms with E-state index in [1.807, 2.05) is 12.1 Å². The Morgan fingerprint density at radius 2 is 1.93 bits per heavy atom. The number of halogens is 1. The third-order valence-corrected chi connectivity index (χ3v) is 4.37. The van der Waals surface area contributed by atoms with Gasteiger partial charge in [0.25, 0.3) is 0 Å². The van der Waals surface area contributed by atoms with Gasteiger partial charge in [-0.2, -0.15) is 0 Å². The highest BCUT2D eigenvalue weighted by molar-refractivity contribution is 5.49. The smallest absolute Gasteiger partial charge is 0.219 e. The molecule has 0 spiro atoms. The minimum Gasteiger partial charge on any atom is -0.439 e. The molecule has 138 valence electrons. The van der Waals surface area contributed by atoms with Gasteiger partial charge >= 0.3 is 0 Å². The number of pyridine rings is 1. The lowest BCUT2D eigenvalue weighted by Gasteiger charge is -2.16. The molecule has 1 fully saturated rings. The minimum absolute atomic E-state index is 0.341. The van der Waals surface area contributed by atoms with Gasteiger partial charge in [0.05, 0.1) is 0 Å². The molecule has 3 aromatic rings. The number of nitrogens with zero attached hydrogens (tertiary/aromatic N) is 4. The average molecular weight is 365 g/mol. The lowest BCUT2D eigenvalue weighted by molar-refractivity contribution is 0.458. The largest absolute Gasteiger partial charge is 0.439 e. The number of benzene rings is 1. The molecule has 1 aliphatic rings. The van der Waals surface area contributed by atoms with Crippen LogP contribution in [0, 0.1) is 5.82 Å². The van der Waals surface area contributed by atoms with Gasteiger partial charge in [-0.25, -0.2) is 19.3 Å². The summed E-state index contributed by atoms with van der Waals surface area (Å²) in [6.45, 7) is 2.68. The molecule has 0 amide bonds. The summed E-state index contributed by atoms with van der Waals surface area (Å²) in [6.07, 6.45) is 5.74. The summed E-state index contributed by atoms with van der Waals surface area (Å²) in [5, 5.41) is 3.29. The molecule has 4 rings (SSSR count). The second-order valence-electron chi connectivity index (χ2n) is 6.37. The number of nitrogens with one attached hydrogen (secondary N) is 1. The van der Waals surface area contributed by atoms with Crippen LogP contribution in [0.2, 0.25) is 0 Å². The van der Waals surface area contributed by atoms with Gasteiger partial charge in [-0.05, 0) is 30.5 Å². The number of aromatic nitrogens is 3. The Morgan fingerprint density at radius 3 is 2.70 bits per heavy atom. The van der Waals surface area contributed by atoms with E-state index < -0.39 is 0 Å². The standard InChI is InChI=1S/C20H20FN5O/c21-16-4-3-5-17(10-16)27-20-7-6-15(13-23-20)12-22-18-11-19(25-14-24-18)26-8-1-2-9-26/h3-7,10-11,13-14H,1-2,8-9,12H2,(H,22,24,25). The summed E-state index contributed by atoms with van der Waals surface area (Å²) in [4.78, 5) is 15.2. The molecule has 7 heteroatoms. The van der Waals surface area contributed by atoms with Crippen molar-refractivity contribution in [3.8, 4) is 11.6 Å². The van der Waals surface area contributed by atoms with Crippen molar-refractivity contribution >= 4 is 11.6 Å². The van der Waals surface area contributed by atoms with Gasteiger partial charge in [-0.3, -0.25) is 0 Å². The fourth-order valence-electron chi connectivity index (χ4n) is 2.98. The quantitative estimate of drug-likeness (QED) is 0.712. The van der Waals surface area contributed by atoms with Crippen LogP contribution in [0.1, 0.15) is 18.4 Å². The van der Waals surface area contributed by atoms with E-state index in [4.69, 9.17) is 4.74 Å². The van der Waals surface area contributed by atoms with E-state index in [2.05, 4.69) is 25.2 Å². The Morgan fingerprint density at radius 1 is 1.04 bits per heavy atom. The first-order valence-corrected chi connectivity index (χ1v) is 8.95. The molecule has 1 N–H and O–H groups in total. The van der Waals surface area contributed by atoms with E-state index in [0.29, 0.717) is 18.2 Å². The highest BCUT2D eigenvalue weighted by Gasteiger charge is 2.13. The molecular weight excluding hydrogens is 345 g/mol. The number of ether oxygens (including phenoxy) is 1. The van der Waals surface area contributed by atoms with E-state index in [-0.39, 0.29) is 5.82 Å². The van der Waals surface area contributed by atoms with Gasteiger partial charge in [0.1, 0.15) is 29.5 Å². The van der Waals surface area contributed by atoms with E-state index in [1.54, 1.807) is 30.7 Å². The maximum Gasteiger partial charge on any atom is 0.219 e. The summed E-state index contributed by atoms with van der Waals surface area (Å²) < 4.78 is 18.8. The zero-order valence-electron chi connectivity index (χ0n) is 14.8. The third kappa shape index (κ3) is 4.49. The van der Waals surface area contributed by atoms with Crippen LogP contribution in [0.25, 0.3) is 0 Å². The molecule has 3 heterocycles. The molecule has 0 atom stereocenters. The topological polar surface area (TPSA) is 63.2 Å². The Bertz CT molecular complexity index is 897. The number of anilines is 2. The lowest BCUT2D eigenvalue weighted by Crippen LogP contribution is -2.19. The molecule has 1 saturated heterocycles. The maximum atomic E-state index is 13.2. The summed E-state index contributed by atoms with van der Waals surface area (Å²) >= 11 is 0. The molecular formula is C20H20FN5O. The van der Waals surface area contributed by atoms with Crippen LogP contribution in [0.4, 0.5) is 16.0 Å². The number of hydrogen-bond acceptors (Lipinski definition) is 6. The molecule has 2 aromatic heterocycles. The molecule has 0 saturated carbocycles. The molecule has 0 radical (unpaired) electrons. The predicted molar refractivity (Wildman–Crippen MR) is 102 cm³/mol. The highest BCUT2D eigenvalue weighted by Crippen LogP contribution is 2.21. The molecule has 0 bridgehead atoms. The normalized spacial score (nSPS) is 13.6. The molecule has 0 aliphatic carbocycles. The van der Waals surface area contributed by atoms with Crippen molar-refractivity contribution in [3.05, 3.63) is 66.4 Å². The Kier molecular flexibility index (Phi) is 5.09. The first kappa shape index (κ1) is 17.2. The summed E-state index contributed by atoms with van der Waals surface area (Å²) in [6, 6.07) is 11.6. The van der Waals surface area contributed by atoms with Crippen molar-refractivity contribution in [3.63, 3.8) is 0 Å². The van der Waals surface area contributed by atoms with Crippen molar-refractivity contribution in [2.75, 3.05) is 23.3 Å². The number of rotatable bonds is 6. The zero-order valence-corrected chi connectivity index (χ0v) is 14.8. The van der Waals surface area contributed by atoms with Crippen molar-refractivity contribution in [2.24, 2.45) is 0 Å². The Balaban J connectivity index is 1.35. The average Bonchev–Trinajstić information content (AvgIpc) is 3.23. The highest BCUT2D eigenvalue weighted by atomic mass is 19.1. The van der Waals surface area contributed by atoms with Gasteiger partial charge in [0.2, 0.25) is 5.88 Å². The molecule has 1 aliphatic heterocycles. The second kappa shape index (κ2) is 7.99. The van der Waals surface area contributed by atoms with Crippen LogP contribution < -0.4 is 15.0 Å². The van der Waals surface area contributed by atoms with Gasteiger partial charge < -0.3 is 15.0 Å². The molecule has 0 unspecified atom stereocenters. The van der Waals surface area contributed by atoms with Crippen LogP contribution in [-0.4, -0.2) is 28.0 Å². The summed E-state index contributed by atoms with van der Waals surface area (Å²) in [5.74, 6) is 2.24. The van der Waals surface area contributed by atoms with Crippen LogP contribution in [0.3, 0.4) is 0 Å². The van der Waals surface area contributed by atoms with E-state index in [0.717, 1.165) is 30.3 Å². The molecule has 1 aromatic carbocycles. The van der Waals surface area contributed by atoms with Crippen LogP contribution in [-0.2, 0) is 6.54 Å². The van der Waals surface area contributed by atoms with Crippen molar-refractivity contribution in [1.29, 1.82) is 0 Å². The predicted octanol–water partition coefficient (Wildman–Crippen LogP) is 4.02. The maximum absolute atomic E-state index is 13.2. The summed E-state index contributed by atoms with van der Waals surface area (Å²) in [7, 11) is 0. The van der Waals surface area contributed by atoms with Crippen LogP contribution in [0.15, 0.2) is 55.0 Å². The summed E-state index contributed by atoms with van der Waals surface area (Å²) in [5.41, 5.74) is 0.989. The lowest BCUT2D eigenvalue weighted by atomic mass is 10.3. The van der Waals surface area contributed by atoms with E-state index in [9.17, 15) is 4.39 Å². The SMILES string of the molecule is Fc1cccc(Oc2ccc(CNc3cc(N4CCCC4)ncn3)cn2)c1. The first-order chi connectivity index (χ1) is 13.3. The van der Waals surface area contributed by atoms with Gasteiger partial charge in [-0.15, -0.1) is 0 Å². The second-order valence-corrected chi connectivity index (χ2v) is 6.37. The first-order valence-electron chi connectivity index (χ1n) is 8.95. The van der Waals surface area contributed by atoms with Gasteiger partial charge in [-0.1, -0.05) is 12.1 Å². The Hall–Kier alpha value is -3.22. The molecule has 6 nitrogen and oxygen atoms in total. The molecule has 27 heavy (non-hydrogen) atoms. The van der Waals surface area contributed by atoms with Crippen molar-refractivity contribution in [1.82, 2.24) is 15.0 Å².